The van der Waals surface area contributed by atoms with Gasteiger partial charge in [-0.1, -0.05) is 19.3 Å². The van der Waals surface area contributed by atoms with Gasteiger partial charge in [0.2, 0.25) is 0 Å². The van der Waals surface area contributed by atoms with Crippen LogP contribution in [0.3, 0.4) is 0 Å². The SMILES string of the molecule is Nc1cc(-c2nnnn2CCC2CCC2)c(F)cc1F. The molecular weight excluding hydrogens is 264 g/mol. The van der Waals surface area contributed by atoms with Crippen LogP contribution in [0.1, 0.15) is 25.7 Å². The third-order valence-corrected chi connectivity index (χ3v) is 3.83. The Morgan fingerprint density at radius 2 is 2.05 bits per heavy atom. The first-order valence-corrected chi connectivity index (χ1v) is 6.66. The quantitative estimate of drug-likeness (QED) is 0.872. The maximum Gasteiger partial charge on any atom is 0.185 e. The van der Waals surface area contributed by atoms with E-state index >= 15 is 0 Å². The minimum atomic E-state index is -0.778. The van der Waals surface area contributed by atoms with Gasteiger partial charge in [-0.05, 0) is 28.8 Å². The van der Waals surface area contributed by atoms with Gasteiger partial charge in [-0.2, -0.15) is 0 Å². The van der Waals surface area contributed by atoms with Gasteiger partial charge < -0.3 is 5.73 Å². The summed E-state index contributed by atoms with van der Waals surface area (Å²) in [5, 5.41) is 11.3. The first-order chi connectivity index (χ1) is 9.65. The molecule has 0 bridgehead atoms. The van der Waals surface area contributed by atoms with E-state index in [4.69, 9.17) is 5.73 Å². The number of nitrogen functional groups attached to an aromatic ring is 1. The average Bonchev–Trinajstić information content (AvgIpc) is 2.80. The van der Waals surface area contributed by atoms with Gasteiger partial charge in [-0.3, -0.25) is 0 Å². The number of halogens is 2. The number of aryl methyl sites for hydroxylation is 1. The third kappa shape index (κ3) is 2.35. The molecule has 0 aliphatic heterocycles. The molecule has 1 heterocycles. The van der Waals surface area contributed by atoms with E-state index in [0.29, 0.717) is 12.5 Å². The molecule has 1 saturated carbocycles. The van der Waals surface area contributed by atoms with Crippen LogP contribution in [0.15, 0.2) is 12.1 Å². The highest BCUT2D eigenvalue weighted by Crippen LogP contribution is 2.30. The smallest absolute Gasteiger partial charge is 0.185 e. The van der Waals surface area contributed by atoms with Crippen molar-refractivity contribution in [2.24, 2.45) is 5.92 Å². The third-order valence-electron chi connectivity index (χ3n) is 3.83. The molecule has 0 unspecified atom stereocenters. The summed E-state index contributed by atoms with van der Waals surface area (Å²) >= 11 is 0. The van der Waals surface area contributed by atoms with Gasteiger partial charge in [0.25, 0.3) is 0 Å². The van der Waals surface area contributed by atoms with Crippen LogP contribution >= 0.6 is 0 Å². The Morgan fingerprint density at radius 3 is 2.75 bits per heavy atom. The molecule has 7 heteroatoms. The van der Waals surface area contributed by atoms with Crippen LogP contribution in [0, 0.1) is 17.6 Å². The number of benzene rings is 1. The molecule has 0 spiro atoms. The highest BCUT2D eigenvalue weighted by atomic mass is 19.1. The second-order valence-electron chi connectivity index (χ2n) is 5.16. The van der Waals surface area contributed by atoms with Gasteiger partial charge >= 0.3 is 0 Å². The molecule has 0 amide bonds. The molecule has 2 aromatic rings. The lowest BCUT2D eigenvalue weighted by Crippen LogP contribution is -2.15. The van der Waals surface area contributed by atoms with E-state index in [0.717, 1.165) is 12.5 Å². The molecule has 1 fully saturated rings. The van der Waals surface area contributed by atoms with Crippen molar-refractivity contribution in [3.05, 3.63) is 23.8 Å². The molecule has 106 valence electrons. The number of hydrogen-bond donors (Lipinski definition) is 1. The van der Waals surface area contributed by atoms with Crippen LogP contribution in [0.4, 0.5) is 14.5 Å². The highest BCUT2D eigenvalue weighted by molar-refractivity contribution is 5.62. The maximum atomic E-state index is 13.8. The van der Waals surface area contributed by atoms with Gasteiger partial charge in [-0.15, -0.1) is 5.10 Å². The second kappa shape index (κ2) is 5.15. The largest absolute Gasteiger partial charge is 0.396 e. The number of tetrazole rings is 1. The summed E-state index contributed by atoms with van der Waals surface area (Å²) in [6.07, 6.45) is 4.71. The van der Waals surface area contributed by atoms with E-state index in [1.165, 1.54) is 25.3 Å². The Bertz CT molecular complexity index is 621. The van der Waals surface area contributed by atoms with E-state index in [2.05, 4.69) is 15.5 Å². The van der Waals surface area contributed by atoms with E-state index in [9.17, 15) is 8.78 Å². The van der Waals surface area contributed by atoms with Crippen LogP contribution in [0.25, 0.3) is 11.4 Å². The summed E-state index contributed by atoms with van der Waals surface area (Å²) < 4.78 is 28.6. The minimum absolute atomic E-state index is 0.116. The molecule has 1 aliphatic carbocycles. The van der Waals surface area contributed by atoms with Gasteiger partial charge in [0, 0.05) is 12.6 Å². The van der Waals surface area contributed by atoms with E-state index < -0.39 is 11.6 Å². The normalized spacial score (nSPS) is 15.3. The van der Waals surface area contributed by atoms with Crippen molar-refractivity contribution in [2.45, 2.75) is 32.2 Å². The van der Waals surface area contributed by atoms with E-state index in [-0.39, 0.29) is 17.1 Å². The first-order valence-electron chi connectivity index (χ1n) is 6.66. The predicted molar refractivity (Wildman–Crippen MR) is 69.5 cm³/mol. The van der Waals surface area contributed by atoms with Crippen molar-refractivity contribution in [3.8, 4) is 11.4 Å². The molecule has 0 atom stereocenters. The molecule has 0 radical (unpaired) electrons. The fraction of sp³-hybridized carbons (Fsp3) is 0.462. The Hall–Kier alpha value is -2.05. The van der Waals surface area contributed by atoms with Crippen LogP contribution in [-0.2, 0) is 6.54 Å². The maximum absolute atomic E-state index is 13.8. The Morgan fingerprint density at radius 1 is 1.25 bits per heavy atom. The molecule has 1 aliphatic rings. The van der Waals surface area contributed by atoms with Gasteiger partial charge in [0.1, 0.15) is 11.6 Å². The van der Waals surface area contributed by atoms with Crippen molar-refractivity contribution in [2.75, 3.05) is 5.73 Å². The minimum Gasteiger partial charge on any atom is -0.396 e. The van der Waals surface area contributed by atoms with Crippen molar-refractivity contribution in [3.63, 3.8) is 0 Å². The number of hydrogen-bond acceptors (Lipinski definition) is 4. The highest BCUT2D eigenvalue weighted by Gasteiger charge is 2.20. The molecular formula is C13H15F2N5. The lowest BCUT2D eigenvalue weighted by Gasteiger charge is -2.24. The van der Waals surface area contributed by atoms with Crippen molar-refractivity contribution >= 4 is 5.69 Å². The zero-order chi connectivity index (χ0) is 14.1. The fourth-order valence-electron chi connectivity index (χ4n) is 2.37. The number of anilines is 1. The summed E-state index contributed by atoms with van der Waals surface area (Å²) in [7, 11) is 0. The molecule has 0 saturated heterocycles. The van der Waals surface area contributed by atoms with E-state index in [1.807, 2.05) is 0 Å². The second-order valence-corrected chi connectivity index (χ2v) is 5.16. The first kappa shape index (κ1) is 13.0. The molecule has 5 nitrogen and oxygen atoms in total. The summed E-state index contributed by atoms with van der Waals surface area (Å²) in [4.78, 5) is 0. The number of rotatable bonds is 4. The summed E-state index contributed by atoms with van der Waals surface area (Å²) in [6, 6.07) is 1.99. The lowest BCUT2D eigenvalue weighted by atomic mass is 9.83. The van der Waals surface area contributed by atoms with Gasteiger partial charge in [-0.25, -0.2) is 13.5 Å². The summed E-state index contributed by atoms with van der Waals surface area (Å²) in [5.41, 5.74) is 5.49. The van der Waals surface area contributed by atoms with Crippen LogP contribution in [0.5, 0.6) is 0 Å². The fourth-order valence-corrected chi connectivity index (χ4v) is 2.37. The molecule has 2 N–H and O–H groups in total. The summed E-state index contributed by atoms with van der Waals surface area (Å²) in [6.45, 7) is 0.629. The number of nitrogens with two attached hydrogens (primary N) is 1. The Labute approximate surface area is 114 Å². The van der Waals surface area contributed by atoms with Crippen molar-refractivity contribution in [1.82, 2.24) is 20.2 Å². The average molecular weight is 279 g/mol. The van der Waals surface area contributed by atoms with Gasteiger partial charge in [0.05, 0.1) is 11.3 Å². The van der Waals surface area contributed by atoms with Crippen LogP contribution < -0.4 is 5.73 Å². The topological polar surface area (TPSA) is 69.6 Å². The summed E-state index contributed by atoms with van der Waals surface area (Å²) in [5.74, 6) is -0.500. The zero-order valence-corrected chi connectivity index (χ0v) is 10.9. The van der Waals surface area contributed by atoms with E-state index in [1.54, 1.807) is 4.68 Å². The van der Waals surface area contributed by atoms with Gasteiger partial charge in [0.15, 0.2) is 5.82 Å². The Kier molecular flexibility index (Phi) is 3.33. The van der Waals surface area contributed by atoms with Crippen LogP contribution in [-0.4, -0.2) is 20.2 Å². The monoisotopic (exact) mass is 279 g/mol. The van der Waals surface area contributed by atoms with Crippen LogP contribution in [0.2, 0.25) is 0 Å². The van der Waals surface area contributed by atoms with Crippen molar-refractivity contribution < 1.29 is 8.78 Å². The molecule has 1 aromatic heterocycles. The number of aromatic nitrogens is 4. The molecule has 1 aromatic carbocycles. The standard InChI is InChI=1S/C13H15F2N5/c14-10-7-11(15)12(16)6-9(10)13-17-18-19-20(13)5-4-8-2-1-3-8/h6-8H,1-5,16H2. The zero-order valence-electron chi connectivity index (χ0n) is 10.9. The number of nitrogens with zero attached hydrogens (tertiary/aromatic N) is 4. The predicted octanol–water partition coefficient (Wildman–Crippen LogP) is 2.39. The Balaban J connectivity index is 1.86. The molecule has 3 rings (SSSR count). The molecule has 20 heavy (non-hydrogen) atoms. The lowest BCUT2D eigenvalue weighted by molar-refractivity contribution is 0.277. The van der Waals surface area contributed by atoms with Crippen molar-refractivity contribution in [1.29, 1.82) is 0 Å².